The number of nitrogens with one attached hydrogen (secondary N) is 1. The summed E-state index contributed by atoms with van der Waals surface area (Å²) in [5.41, 5.74) is 4.35. The molecule has 1 N–H and O–H groups in total. The van der Waals surface area contributed by atoms with Gasteiger partial charge in [0.15, 0.2) is 0 Å². The van der Waals surface area contributed by atoms with E-state index in [4.69, 9.17) is 0 Å². The Bertz CT molecular complexity index is 305. The van der Waals surface area contributed by atoms with E-state index in [1.54, 1.807) is 0 Å². The summed E-state index contributed by atoms with van der Waals surface area (Å²) < 4.78 is 0. The van der Waals surface area contributed by atoms with Crippen LogP contribution in [0.3, 0.4) is 0 Å². The third kappa shape index (κ3) is 1.59. The van der Waals surface area contributed by atoms with Crippen molar-refractivity contribution in [1.29, 1.82) is 0 Å². The topological polar surface area (TPSA) is 24.9 Å². The van der Waals surface area contributed by atoms with Crippen LogP contribution in [0.1, 0.15) is 36.5 Å². The lowest BCUT2D eigenvalue weighted by Gasteiger charge is -2.21. The van der Waals surface area contributed by atoms with Gasteiger partial charge in [-0.05, 0) is 35.6 Å². The zero-order valence-electron chi connectivity index (χ0n) is 8.30. The maximum absolute atomic E-state index is 4.28. The lowest BCUT2D eigenvalue weighted by molar-refractivity contribution is 0.630. The van der Waals surface area contributed by atoms with Crippen LogP contribution in [0.5, 0.6) is 0 Å². The Hall–Kier alpha value is -0.890. The monoisotopic (exact) mass is 176 g/mol. The maximum Gasteiger partial charge on any atom is 0.0315 e. The van der Waals surface area contributed by atoms with Gasteiger partial charge in [-0.25, -0.2) is 0 Å². The van der Waals surface area contributed by atoms with Gasteiger partial charge in [-0.2, -0.15) is 0 Å². The molecule has 0 fully saturated rings. The number of rotatable bonds is 1. The predicted octanol–water partition coefficient (Wildman–Crippen LogP) is 1.85. The normalized spacial score (nSPS) is 15.9. The van der Waals surface area contributed by atoms with Crippen LogP contribution in [0, 0.1) is 0 Å². The van der Waals surface area contributed by atoms with Gasteiger partial charge in [-0.15, -0.1) is 0 Å². The van der Waals surface area contributed by atoms with Crippen LogP contribution in [0.4, 0.5) is 0 Å². The number of hydrogen-bond donors (Lipinski definition) is 1. The lowest BCUT2D eigenvalue weighted by atomic mass is 9.92. The summed E-state index contributed by atoms with van der Waals surface area (Å²) in [4.78, 5) is 4.28. The minimum Gasteiger partial charge on any atom is -0.312 e. The molecule has 2 rings (SSSR count). The number of aromatic nitrogens is 1. The summed E-state index contributed by atoms with van der Waals surface area (Å²) in [5, 5.41) is 3.37. The van der Waals surface area contributed by atoms with E-state index in [1.807, 2.05) is 12.4 Å². The molecule has 13 heavy (non-hydrogen) atoms. The fourth-order valence-corrected chi connectivity index (χ4v) is 1.94. The molecule has 0 bridgehead atoms. The lowest BCUT2D eigenvalue weighted by Crippen LogP contribution is -2.25. The van der Waals surface area contributed by atoms with Crippen molar-refractivity contribution in [3.05, 3.63) is 29.1 Å². The summed E-state index contributed by atoms with van der Waals surface area (Å²) in [6.45, 7) is 6.57. The fraction of sp³-hybridized carbons (Fsp3) is 0.545. The van der Waals surface area contributed by atoms with E-state index in [-0.39, 0.29) is 0 Å². The van der Waals surface area contributed by atoms with Crippen molar-refractivity contribution in [2.45, 2.75) is 32.7 Å². The quantitative estimate of drug-likeness (QED) is 0.706. The Morgan fingerprint density at radius 1 is 1.38 bits per heavy atom. The van der Waals surface area contributed by atoms with Crippen LogP contribution in [-0.4, -0.2) is 11.5 Å². The van der Waals surface area contributed by atoms with Gasteiger partial charge in [0.05, 0.1) is 0 Å². The van der Waals surface area contributed by atoms with Crippen molar-refractivity contribution in [2.75, 3.05) is 6.54 Å². The fourth-order valence-electron chi connectivity index (χ4n) is 1.94. The number of fused-ring (bicyclic) bond motifs is 1. The first-order chi connectivity index (χ1) is 6.29. The van der Waals surface area contributed by atoms with Crippen molar-refractivity contribution >= 4 is 0 Å². The molecule has 2 heteroatoms. The van der Waals surface area contributed by atoms with Crippen molar-refractivity contribution in [1.82, 2.24) is 10.3 Å². The molecular weight excluding hydrogens is 160 g/mol. The molecule has 0 amide bonds. The average Bonchev–Trinajstić information content (AvgIpc) is 2.17. The first kappa shape index (κ1) is 8.70. The molecule has 2 nitrogen and oxygen atoms in total. The predicted molar refractivity (Wildman–Crippen MR) is 53.7 cm³/mol. The van der Waals surface area contributed by atoms with E-state index in [0.29, 0.717) is 5.92 Å². The van der Waals surface area contributed by atoms with E-state index < -0.39 is 0 Å². The highest BCUT2D eigenvalue weighted by Gasteiger charge is 2.14. The second kappa shape index (κ2) is 3.46. The molecule has 0 radical (unpaired) electrons. The second-order valence-electron chi connectivity index (χ2n) is 3.95. The molecule has 1 aromatic rings. The molecule has 1 aliphatic heterocycles. The molecule has 0 unspecified atom stereocenters. The van der Waals surface area contributed by atoms with Crippen LogP contribution in [-0.2, 0) is 13.0 Å². The Kier molecular flexibility index (Phi) is 2.32. The van der Waals surface area contributed by atoms with Crippen LogP contribution in [0.15, 0.2) is 12.4 Å². The molecule has 0 atom stereocenters. The van der Waals surface area contributed by atoms with Crippen LogP contribution in [0.2, 0.25) is 0 Å². The van der Waals surface area contributed by atoms with Crippen molar-refractivity contribution in [3.63, 3.8) is 0 Å². The van der Waals surface area contributed by atoms with E-state index in [1.165, 1.54) is 16.7 Å². The van der Waals surface area contributed by atoms with Gasteiger partial charge in [0.1, 0.15) is 0 Å². The molecule has 0 saturated heterocycles. The van der Waals surface area contributed by atoms with E-state index in [2.05, 4.69) is 24.1 Å². The third-order valence-electron chi connectivity index (χ3n) is 2.67. The molecule has 1 aromatic heterocycles. The molecule has 2 heterocycles. The van der Waals surface area contributed by atoms with Crippen molar-refractivity contribution in [3.8, 4) is 0 Å². The minimum absolute atomic E-state index is 0.598. The number of pyridine rings is 1. The van der Waals surface area contributed by atoms with Gasteiger partial charge < -0.3 is 5.32 Å². The molecule has 70 valence electrons. The first-order valence-electron chi connectivity index (χ1n) is 4.95. The third-order valence-corrected chi connectivity index (χ3v) is 2.67. The Morgan fingerprint density at radius 3 is 3.00 bits per heavy atom. The molecular formula is C11H16N2. The van der Waals surface area contributed by atoms with Gasteiger partial charge in [0.2, 0.25) is 0 Å². The summed E-state index contributed by atoms with van der Waals surface area (Å²) in [5.74, 6) is 0.598. The van der Waals surface area contributed by atoms with Crippen LogP contribution in [0.25, 0.3) is 0 Å². The maximum atomic E-state index is 4.28. The highest BCUT2D eigenvalue weighted by atomic mass is 14.9. The van der Waals surface area contributed by atoms with E-state index in [0.717, 1.165) is 19.5 Å². The van der Waals surface area contributed by atoms with Gasteiger partial charge in [0, 0.05) is 18.9 Å². The Balaban J connectivity index is 2.46. The Labute approximate surface area is 79.4 Å². The summed E-state index contributed by atoms with van der Waals surface area (Å²) in [7, 11) is 0. The SMILES string of the molecule is CC(C)c1cncc2c1CCNC2. The van der Waals surface area contributed by atoms with E-state index in [9.17, 15) is 0 Å². The highest BCUT2D eigenvalue weighted by molar-refractivity contribution is 5.35. The van der Waals surface area contributed by atoms with Gasteiger partial charge in [-0.3, -0.25) is 4.98 Å². The van der Waals surface area contributed by atoms with Crippen molar-refractivity contribution in [2.24, 2.45) is 0 Å². The zero-order chi connectivity index (χ0) is 9.26. The number of hydrogen-bond acceptors (Lipinski definition) is 2. The number of nitrogens with zero attached hydrogens (tertiary/aromatic N) is 1. The smallest absolute Gasteiger partial charge is 0.0315 e. The van der Waals surface area contributed by atoms with Gasteiger partial charge in [0.25, 0.3) is 0 Å². The molecule has 0 aromatic carbocycles. The van der Waals surface area contributed by atoms with Crippen LogP contribution < -0.4 is 5.32 Å². The standard InChI is InChI=1S/C11H16N2/c1-8(2)11-7-13-6-9-5-12-4-3-10(9)11/h6-8,12H,3-5H2,1-2H3. The highest BCUT2D eigenvalue weighted by Crippen LogP contribution is 2.23. The second-order valence-corrected chi connectivity index (χ2v) is 3.95. The average molecular weight is 176 g/mol. The summed E-state index contributed by atoms with van der Waals surface area (Å²) >= 11 is 0. The Morgan fingerprint density at radius 2 is 2.23 bits per heavy atom. The molecule has 0 saturated carbocycles. The summed E-state index contributed by atoms with van der Waals surface area (Å²) in [6, 6.07) is 0. The first-order valence-corrected chi connectivity index (χ1v) is 4.95. The zero-order valence-corrected chi connectivity index (χ0v) is 8.30. The van der Waals surface area contributed by atoms with Crippen molar-refractivity contribution < 1.29 is 0 Å². The summed E-state index contributed by atoms with van der Waals surface area (Å²) in [6.07, 6.45) is 5.17. The van der Waals surface area contributed by atoms with Gasteiger partial charge in [-0.1, -0.05) is 13.8 Å². The molecule has 1 aliphatic rings. The minimum atomic E-state index is 0.598. The van der Waals surface area contributed by atoms with Gasteiger partial charge >= 0.3 is 0 Å². The molecule has 0 aliphatic carbocycles. The largest absolute Gasteiger partial charge is 0.312 e. The van der Waals surface area contributed by atoms with E-state index >= 15 is 0 Å². The van der Waals surface area contributed by atoms with Crippen LogP contribution >= 0.6 is 0 Å². The molecule has 0 spiro atoms.